The molecule has 0 radical (unpaired) electrons. The van der Waals surface area contributed by atoms with E-state index in [1.807, 2.05) is 5.48 Å². The Bertz CT molecular complexity index is 347. The largest absolute Gasteiger partial charge is 0.493 e. The molecule has 0 aliphatic rings. The van der Waals surface area contributed by atoms with E-state index in [-0.39, 0.29) is 16.8 Å². The summed E-state index contributed by atoms with van der Waals surface area (Å²) in [5.74, 6) is -2.30. The van der Waals surface area contributed by atoms with Crippen molar-refractivity contribution in [3.05, 3.63) is 27.7 Å². The summed E-state index contributed by atoms with van der Waals surface area (Å²) >= 11 is 2.85. The molecule has 2 N–H and O–H groups in total. The van der Waals surface area contributed by atoms with Gasteiger partial charge in [0.1, 0.15) is 0 Å². The average molecular weight is 268 g/mol. The molecule has 0 spiro atoms. The normalized spacial score (nSPS) is 10.4. The molecule has 1 aromatic carbocycles. The molecule has 0 heterocycles. The van der Waals surface area contributed by atoms with Gasteiger partial charge < -0.3 is 9.94 Å². The minimum atomic E-state index is -1.08. The predicted octanol–water partition coefficient (Wildman–Crippen LogP) is 2.21. The first-order valence-corrected chi connectivity index (χ1v) is 4.48. The Hall–Kier alpha value is -0.720. The van der Waals surface area contributed by atoms with Crippen molar-refractivity contribution in [2.75, 3.05) is 7.11 Å². The summed E-state index contributed by atoms with van der Waals surface area (Å²) in [5.41, 5.74) is 2.16. The highest BCUT2D eigenvalue weighted by Gasteiger charge is 2.17. The SMILES string of the molecule is COc1c(CNO)cc(Br)c(F)c1F. The van der Waals surface area contributed by atoms with Gasteiger partial charge in [0.25, 0.3) is 0 Å². The molecule has 0 saturated carbocycles. The zero-order chi connectivity index (χ0) is 10.7. The minimum Gasteiger partial charge on any atom is -0.493 e. The first kappa shape index (κ1) is 11.4. The van der Waals surface area contributed by atoms with Crippen molar-refractivity contribution in [2.24, 2.45) is 0 Å². The van der Waals surface area contributed by atoms with Crippen LogP contribution in [-0.4, -0.2) is 12.3 Å². The van der Waals surface area contributed by atoms with Crippen LogP contribution in [-0.2, 0) is 6.54 Å². The summed E-state index contributed by atoms with van der Waals surface area (Å²) in [6, 6.07) is 1.33. The lowest BCUT2D eigenvalue weighted by Gasteiger charge is -2.10. The number of nitrogens with one attached hydrogen (secondary N) is 1. The maximum atomic E-state index is 13.2. The summed E-state index contributed by atoms with van der Waals surface area (Å²) in [6.45, 7) is -0.0288. The molecule has 0 fully saturated rings. The van der Waals surface area contributed by atoms with Gasteiger partial charge in [0.2, 0.25) is 5.82 Å². The molecule has 0 aliphatic heterocycles. The Kier molecular flexibility index (Phi) is 3.79. The third-order valence-corrected chi connectivity index (χ3v) is 2.25. The van der Waals surface area contributed by atoms with E-state index in [4.69, 9.17) is 5.21 Å². The lowest BCUT2D eigenvalue weighted by molar-refractivity contribution is 0.159. The van der Waals surface area contributed by atoms with Gasteiger partial charge in [-0.05, 0) is 22.0 Å². The molecule has 0 amide bonds. The first-order valence-electron chi connectivity index (χ1n) is 3.69. The van der Waals surface area contributed by atoms with Crippen molar-refractivity contribution in [2.45, 2.75) is 6.54 Å². The molecular weight excluding hydrogens is 260 g/mol. The fourth-order valence-electron chi connectivity index (χ4n) is 1.06. The number of hydroxylamine groups is 1. The van der Waals surface area contributed by atoms with E-state index in [0.29, 0.717) is 5.56 Å². The summed E-state index contributed by atoms with van der Waals surface area (Å²) < 4.78 is 30.9. The van der Waals surface area contributed by atoms with Crippen molar-refractivity contribution in [1.29, 1.82) is 0 Å². The van der Waals surface area contributed by atoms with Gasteiger partial charge in [-0.1, -0.05) is 0 Å². The van der Waals surface area contributed by atoms with Crippen LogP contribution in [0.25, 0.3) is 0 Å². The quantitative estimate of drug-likeness (QED) is 0.652. The van der Waals surface area contributed by atoms with Gasteiger partial charge >= 0.3 is 0 Å². The summed E-state index contributed by atoms with van der Waals surface area (Å²) in [6.07, 6.45) is 0. The van der Waals surface area contributed by atoms with Crippen LogP contribution in [0.15, 0.2) is 10.5 Å². The number of methoxy groups -OCH3 is 1. The third-order valence-electron chi connectivity index (χ3n) is 1.67. The maximum Gasteiger partial charge on any atom is 0.202 e. The fraction of sp³-hybridized carbons (Fsp3) is 0.250. The molecule has 0 unspecified atom stereocenters. The van der Waals surface area contributed by atoms with Gasteiger partial charge in [-0.2, -0.15) is 4.39 Å². The number of hydrogen-bond acceptors (Lipinski definition) is 3. The molecule has 1 aromatic rings. The third kappa shape index (κ3) is 2.02. The second-order valence-corrected chi connectivity index (χ2v) is 3.37. The van der Waals surface area contributed by atoms with E-state index in [1.165, 1.54) is 13.2 Å². The van der Waals surface area contributed by atoms with E-state index in [1.54, 1.807) is 0 Å². The zero-order valence-corrected chi connectivity index (χ0v) is 8.86. The van der Waals surface area contributed by atoms with Crippen LogP contribution < -0.4 is 10.2 Å². The van der Waals surface area contributed by atoms with Gasteiger partial charge in [0.15, 0.2) is 11.6 Å². The van der Waals surface area contributed by atoms with Crippen molar-refractivity contribution in [3.8, 4) is 5.75 Å². The Morgan fingerprint density at radius 1 is 1.50 bits per heavy atom. The number of halogens is 3. The molecule has 1 rings (SSSR count). The van der Waals surface area contributed by atoms with Crippen LogP contribution in [0, 0.1) is 11.6 Å². The van der Waals surface area contributed by atoms with Crippen LogP contribution in [0.2, 0.25) is 0 Å². The Morgan fingerprint density at radius 2 is 2.14 bits per heavy atom. The van der Waals surface area contributed by atoms with Crippen LogP contribution >= 0.6 is 15.9 Å². The fourth-order valence-corrected chi connectivity index (χ4v) is 1.51. The van der Waals surface area contributed by atoms with Crippen LogP contribution in [0.3, 0.4) is 0 Å². The molecule has 0 aromatic heterocycles. The molecule has 0 atom stereocenters. The highest BCUT2D eigenvalue weighted by atomic mass is 79.9. The molecule has 14 heavy (non-hydrogen) atoms. The highest BCUT2D eigenvalue weighted by molar-refractivity contribution is 9.10. The monoisotopic (exact) mass is 267 g/mol. The van der Waals surface area contributed by atoms with Gasteiger partial charge in [0.05, 0.1) is 11.6 Å². The van der Waals surface area contributed by atoms with E-state index in [2.05, 4.69) is 20.7 Å². The Labute approximate surface area is 87.8 Å². The molecule has 0 aliphatic carbocycles. The predicted molar refractivity (Wildman–Crippen MR) is 49.2 cm³/mol. The van der Waals surface area contributed by atoms with Crippen molar-refractivity contribution >= 4 is 15.9 Å². The lowest BCUT2D eigenvalue weighted by atomic mass is 10.2. The van der Waals surface area contributed by atoms with Crippen LogP contribution in [0.5, 0.6) is 5.75 Å². The van der Waals surface area contributed by atoms with E-state index in [0.717, 1.165) is 0 Å². The molecule has 3 nitrogen and oxygen atoms in total. The number of hydrogen-bond donors (Lipinski definition) is 2. The van der Waals surface area contributed by atoms with E-state index < -0.39 is 11.6 Å². The second-order valence-electron chi connectivity index (χ2n) is 2.51. The minimum absolute atomic E-state index is 0.0129. The molecule has 0 bridgehead atoms. The molecule has 0 saturated heterocycles. The number of ether oxygens (including phenoxy) is 1. The topological polar surface area (TPSA) is 41.5 Å². The van der Waals surface area contributed by atoms with Gasteiger partial charge in [-0.25, -0.2) is 9.87 Å². The van der Waals surface area contributed by atoms with Gasteiger partial charge in [0, 0.05) is 12.1 Å². The van der Waals surface area contributed by atoms with Gasteiger partial charge in [-0.3, -0.25) is 0 Å². The van der Waals surface area contributed by atoms with Gasteiger partial charge in [-0.15, -0.1) is 0 Å². The highest BCUT2D eigenvalue weighted by Crippen LogP contribution is 2.30. The standard InChI is InChI=1S/C8H8BrF2NO2/c1-14-8-4(3-12-13)2-5(9)6(10)7(8)11/h2,12-13H,3H2,1H3. The van der Waals surface area contributed by atoms with Crippen LogP contribution in [0.1, 0.15) is 5.56 Å². The average Bonchev–Trinajstić information content (AvgIpc) is 2.16. The maximum absolute atomic E-state index is 13.2. The summed E-state index contributed by atoms with van der Waals surface area (Å²) in [4.78, 5) is 0. The molecule has 78 valence electrons. The number of benzene rings is 1. The van der Waals surface area contributed by atoms with E-state index >= 15 is 0 Å². The number of rotatable bonds is 3. The smallest absolute Gasteiger partial charge is 0.202 e. The summed E-state index contributed by atoms with van der Waals surface area (Å²) in [7, 11) is 1.23. The second kappa shape index (κ2) is 4.68. The Balaban J connectivity index is 3.28. The van der Waals surface area contributed by atoms with Crippen molar-refractivity contribution in [3.63, 3.8) is 0 Å². The lowest BCUT2D eigenvalue weighted by Crippen LogP contribution is -2.09. The van der Waals surface area contributed by atoms with Crippen molar-refractivity contribution < 1.29 is 18.7 Å². The molecular formula is C8H8BrF2NO2. The Morgan fingerprint density at radius 3 is 2.64 bits per heavy atom. The first-order chi connectivity index (χ1) is 6.61. The zero-order valence-electron chi connectivity index (χ0n) is 7.27. The van der Waals surface area contributed by atoms with E-state index in [9.17, 15) is 8.78 Å². The van der Waals surface area contributed by atoms with Crippen LogP contribution in [0.4, 0.5) is 8.78 Å². The van der Waals surface area contributed by atoms with Crippen molar-refractivity contribution in [1.82, 2.24) is 5.48 Å². The molecule has 6 heteroatoms. The summed E-state index contributed by atoms with van der Waals surface area (Å²) in [5, 5.41) is 8.45.